The lowest BCUT2D eigenvalue weighted by atomic mass is 9.88. The highest BCUT2D eigenvalue weighted by atomic mass is 32.1. The van der Waals surface area contributed by atoms with Crippen LogP contribution < -0.4 is 9.24 Å². The van der Waals surface area contributed by atoms with Crippen LogP contribution in [0.2, 0.25) is 0 Å². The highest BCUT2D eigenvalue weighted by Gasteiger charge is 2.35. The second-order valence-corrected chi connectivity index (χ2v) is 8.86. The van der Waals surface area contributed by atoms with Gasteiger partial charge >= 0.3 is 0 Å². The zero-order valence-electron chi connectivity index (χ0n) is 11.4. The fourth-order valence-corrected chi connectivity index (χ4v) is 5.11. The first-order valence-corrected chi connectivity index (χ1v) is 9.43. The molecule has 3 heteroatoms. The zero-order valence-corrected chi connectivity index (χ0v) is 14.2. The van der Waals surface area contributed by atoms with Crippen molar-refractivity contribution in [2.24, 2.45) is 11.8 Å². The third kappa shape index (κ3) is 2.67. The SMILES string of the molecule is [SiH3]c1sccc1OC(C1CCCC1)C1CCCC1. The highest BCUT2D eigenvalue weighted by Crippen LogP contribution is 2.39. The van der Waals surface area contributed by atoms with E-state index < -0.39 is 0 Å². The minimum atomic E-state index is 0.525. The van der Waals surface area contributed by atoms with Crippen LogP contribution in [0.4, 0.5) is 0 Å². The summed E-state index contributed by atoms with van der Waals surface area (Å²) in [5.74, 6) is 2.90. The van der Waals surface area contributed by atoms with E-state index in [0.717, 1.165) is 22.1 Å². The Bertz CT molecular complexity index is 362. The topological polar surface area (TPSA) is 9.23 Å². The van der Waals surface area contributed by atoms with E-state index in [1.807, 2.05) is 11.3 Å². The van der Waals surface area contributed by atoms with E-state index in [9.17, 15) is 0 Å². The molecule has 2 saturated carbocycles. The number of rotatable bonds is 4. The Balaban J connectivity index is 1.73. The van der Waals surface area contributed by atoms with Crippen LogP contribution in [0.1, 0.15) is 51.4 Å². The zero-order chi connectivity index (χ0) is 12.4. The molecule has 0 saturated heterocycles. The van der Waals surface area contributed by atoms with Gasteiger partial charge in [-0.3, -0.25) is 0 Å². The predicted octanol–water partition coefficient (Wildman–Crippen LogP) is 2.87. The third-order valence-corrected chi connectivity index (χ3v) is 6.83. The van der Waals surface area contributed by atoms with Gasteiger partial charge in [0.15, 0.2) is 0 Å². The summed E-state index contributed by atoms with van der Waals surface area (Å²) in [5, 5.41) is 2.19. The molecule has 1 aromatic rings. The monoisotopic (exact) mass is 280 g/mol. The van der Waals surface area contributed by atoms with E-state index in [2.05, 4.69) is 11.4 Å². The van der Waals surface area contributed by atoms with Crippen LogP contribution in [0.15, 0.2) is 11.4 Å². The van der Waals surface area contributed by atoms with Gasteiger partial charge in [-0.2, -0.15) is 11.3 Å². The molecule has 0 spiro atoms. The Morgan fingerprint density at radius 2 is 1.61 bits per heavy atom. The summed E-state index contributed by atoms with van der Waals surface area (Å²) >= 11 is 1.87. The molecule has 2 aliphatic rings. The van der Waals surface area contributed by atoms with Crippen LogP contribution in [-0.2, 0) is 0 Å². The minimum Gasteiger partial charge on any atom is -0.489 e. The first-order valence-electron chi connectivity index (χ1n) is 7.55. The van der Waals surface area contributed by atoms with Crippen molar-refractivity contribution in [2.45, 2.75) is 57.5 Å². The number of thiophene rings is 1. The Hall–Kier alpha value is -0.283. The molecule has 0 unspecified atom stereocenters. The molecule has 0 atom stereocenters. The van der Waals surface area contributed by atoms with Crippen molar-refractivity contribution in [1.82, 2.24) is 0 Å². The lowest BCUT2D eigenvalue weighted by molar-refractivity contribution is 0.0801. The van der Waals surface area contributed by atoms with Crippen molar-refractivity contribution in [2.75, 3.05) is 0 Å². The fraction of sp³-hybridized carbons (Fsp3) is 0.733. The van der Waals surface area contributed by atoms with Crippen molar-refractivity contribution in [3.8, 4) is 5.75 Å². The van der Waals surface area contributed by atoms with E-state index in [4.69, 9.17) is 4.74 Å². The Morgan fingerprint density at radius 1 is 1.06 bits per heavy atom. The average Bonchev–Trinajstić information content (AvgIpc) is 3.09. The van der Waals surface area contributed by atoms with Gasteiger partial charge in [0.1, 0.15) is 11.9 Å². The van der Waals surface area contributed by atoms with Crippen molar-refractivity contribution in [1.29, 1.82) is 0 Å². The van der Waals surface area contributed by atoms with Gasteiger partial charge in [0.05, 0.1) is 10.2 Å². The molecule has 0 aromatic carbocycles. The second-order valence-electron chi connectivity index (χ2n) is 6.01. The Kier molecular flexibility index (Phi) is 4.09. The van der Waals surface area contributed by atoms with Gasteiger partial charge in [0.25, 0.3) is 0 Å². The largest absolute Gasteiger partial charge is 0.489 e. The summed E-state index contributed by atoms with van der Waals surface area (Å²) in [7, 11) is 1.13. The van der Waals surface area contributed by atoms with E-state index in [1.165, 1.54) is 61.6 Å². The maximum absolute atomic E-state index is 6.50. The molecule has 0 aliphatic heterocycles. The van der Waals surface area contributed by atoms with Crippen molar-refractivity contribution in [3.63, 3.8) is 0 Å². The number of ether oxygens (including phenoxy) is 1. The minimum absolute atomic E-state index is 0.525. The first-order chi connectivity index (χ1) is 8.84. The average molecular weight is 281 g/mol. The van der Waals surface area contributed by atoms with Gasteiger partial charge in [0.2, 0.25) is 0 Å². The van der Waals surface area contributed by atoms with Gasteiger partial charge < -0.3 is 4.74 Å². The van der Waals surface area contributed by atoms with Gasteiger partial charge in [-0.25, -0.2) is 0 Å². The maximum atomic E-state index is 6.50. The predicted molar refractivity (Wildman–Crippen MR) is 82.2 cm³/mol. The quantitative estimate of drug-likeness (QED) is 0.771. The Morgan fingerprint density at radius 3 is 2.06 bits per heavy atom. The fourth-order valence-electron chi connectivity index (χ4n) is 3.79. The molecule has 100 valence electrons. The molecule has 2 aliphatic carbocycles. The summed E-state index contributed by atoms with van der Waals surface area (Å²) in [4.78, 5) is 0. The Labute approximate surface area is 117 Å². The number of hydrogen-bond acceptors (Lipinski definition) is 2. The lowest BCUT2D eigenvalue weighted by Gasteiger charge is -2.30. The van der Waals surface area contributed by atoms with E-state index in [-0.39, 0.29) is 0 Å². The molecular formula is C15H24OSSi. The van der Waals surface area contributed by atoms with Crippen LogP contribution in [0, 0.1) is 11.8 Å². The molecule has 1 nitrogen and oxygen atoms in total. The molecule has 2 fully saturated rings. The third-order valence-electron chi connectivity index (χ3n) is 4.80. The van der Waals surface area contributed by atoms with Crippen LogP contribution in [-0.4, -0.2) is 16.3 Å². The normalized spacial score (nSPS) is 22.3. The van der Waals surface area contributed by atoms with Crippen LogP contribution in [0.3, 0.4) is 0 Å². The van der Waals surface area contributed by atoms with E-state index in [1.54, 1.807) is 0 Å². The lowest BCUT2D eigenvalue weighted by Crippen LogP contribution is -2.33. The van der Waals surface area contributed by atoms with Crippen molar-refractivity contribution in [3.05, 3.63) is 11.4 Å². The maximum Gasteiger partial charge on any atom is 0.128 e. The summed E-state index contributed by atoms with van der Waals surface area (Å²) in [6.07, 6.45) is 11.8. The molecule has 1 aromatic heterocycles. The second kappa shape index (κ2) is 5.79. The molecule has 0 N–H and O–H groups in total. The van der Waals surface area contributed by atoms with Crippen molar-refractivity contribution >= 4 is 26.1 Å². The highest BCUT2D eigenvalue weighted by molar-refractivity contribution is 7.18. The summed E-state index contributed by atoms with van der Waals surface area (Å²) in [5.41, 5.74) is 0. The van der Waals surface area contributed by atoms with E-state index >= 15 is 0 Å². The van der Waals surface area contributed by atoms with Crippen molar-refractivity contribution < 1.29 is 4.74 Å². The smallest absolute Gasteiger partial charge is 0.128 e. The van der Waals surface area contributed by atoms with E-state index in [0.29, 0.717) is 6.10 Å². The van der Waals surface area contributed by atoms with Crippen LogP contribution in [0.5, 0.6) is 5.75 Å². The van der Waals surface area contributed by atoms with Gasteiger partial charge in [-0.1, -0.05) is 25.7 Å². The molecular weight excluding hydrogens is 256 g/mol. The summed E-state index contributed by atoms with van der Waals surface area (Å²) in [6, 6.07) is 2.20. The molecule has 0 radical (unpaired) electrons. The van der Waals surface area contributed by atoms with Crippen LogP contribution >= 0.6 is 11.3 Å². The molecule has 0 bridgehead atoms. The first kappa shape index (κ1) is 12.7. The number of hydrogen-bond donors (Lipinski definition) is 0. The van der Waals surface area contributed by atoms with Gasteiger partial charge in [-0.15, -0.1) is 0 Å². The molecule has 3 rings (SSSR count). The van der Waals surface area contributed by atoms with Gasteiger partial charge in [0, 0.05) is 4.50 Å². The molecule has 18 heavy (non-hydrogen) atoms. The standard InChI is InChI=1S/C15H24OSSi/c18-15-13(9-10-17-15)16-14(11-5-1-2-6-11)12-7-3-4-8-12/h9-12,14H,1-8H2,18H3. The van der Waals surface area contributed by atoms with Crippen LogP contribution in [0.25, 0.3) is 0 Å². The van der Waals surface area contributed by atoms with Gasteiger partial charge in [-0.05, 0) is 49.0 Å². The summed E-state index contributed by atoms with van der Waals surface area (Å²) < 4.78 is 7.98. The molecule has 1 heterocycles. The molecule has 0 amide bonds. The summed E-state index contributed by atoms with van der Waals surface area (Å²) in [6.45, 7) is 0.